The Balaban J connectivity index is 3.39. The SMILES string of the molecule is CC(C)(O)c1cc(N(C(=O)O)C(C)(C)C)ccc1Br. The molecule has 0 unspecified atom stereocenters. The number of amides is 1. The highest BCUT2D eigenvalue weighted by Gasteiger charge is 2.29. The van der Waals surface area contributed by atoms with Crippen LogP contribution in [0, 0.1) is 0 Å². The van der Waals surface area contributed by atoms with Crippen molar-refractivity contribution in [2.75, 3.05) is 4.90 Å². The fourth-order valence-electron chi connectivity index (χ4n) is 1.91. The van der Waals surface area contributed by atoms with Crippen molar-refractivity contribution in [2.45, 2.75) is 45.8 Å². The van der Waals surface area contributed by atoms with Crippen molar-refractivity contribution in [3.8, 4) is 0 Å². The van der Waals surface area contributed by atoms with Crippen LogP contribution in [0.4, 0.5) is 10.5 Å². The fraction of sp³-hybridized carbons (Fsp3) is 0.500. The molecule has 0 radical (unpaired) electrons. The van der Waals surface area contributed by atoms with Gasteiger partial charge in [0.05, 0.1) is 5.60 Å². The molecule has 1 rings (SSSR count). The Morgan fingerprint density at radius 1 is 1.21 bits per heavy atom. The van der Waals surface area contributed by atoms with Gasteiger partial charge in [0.25, 0.3) is 0 Å². The average Bonchev–Trinajstić information content (AvgIpc) is 2.16. The molecule has 0 saturated heterocycles. The van der Waals surface area contributed by atoms with E-state index in [1.54, 1.807) is 32.0 Å². The van der Waals surface area contributed by atoms with Crippen molar-refractivity contribution >= 4 is 27.7 Å². The molecule has 0 aromatic heterocycles. The van der Waals surface area contributed by atoms with Crippen LogP contribution in [0.1, 0.15) is 40.2 Å². The van der Waals surface area contributed by atoms with Gasteiger partial charge in [-0.05, 0) is 58.4 Å². The monoisotopic (exact) mass is 329 g/mol. The second-order valence-corrected chi connectivity index (χ2v) is 6.87. The van der Waals surface area contributed by atoms with Crippen molar-refractivity contribution in [3.63, 3.8) is 0 Å². The molecule has 0 aliphatic heterocycles. The Hall–Kier alpha value is -1.07. The fourth-order valence-corrected chi connectivity index (χ4v) is 2.64. The molecule has 1 aromatic rings. The highest BCUT2D eigenvalue weighted by Crippen LogP contribution is 2.33. The van der Waals surface area contributed by atoms with Gasteiger partial charge in [-0.3, -0.25) is 4.90 Å². The predicted molar refractivity (Wildman–Crippen MR) is 79.6 cm³/mol. The van der Waals surface area contributed by atoms with Crippen LogP contribution >= 0.6 is 15.9 Å². The van der Waals surface area contributed by atoms with E-state index in [0.717, 1.165) is 4.47 Å². The van der Waals surface area contributed by atoms with Crippen molar-refractivity contribution < 1.29 is 15.0 Å². The number of nitrogens with zero attached hydrogens (tertiary/aromatic N) is 1. The molecular formula is C14H20BrNO3. The van der Waals surface area contributed by atoms with Crippen molar-refractivity contribution in [1.82, 2.24) is 0 Å². The van der Waals surface area contributed by atoms with Gasteiger partial charge in [-0.2, -0.15) is 0 Å². The molecule has 0 heterocycles. The van der Waals surface area contributed by atoms with Crippen LogP contribution in [0.25, 0.3) is 0 Å². The number of aliphatic hydroxyl groups is 1. The maximum absolute atomic E-state index is 11.4. The number of hydrogen-bond acceptors (Lipinski definition) is 2. The highest BCUT2D eigenvalue weighted by molar-refractivity contribution is 9.10. The number of hydrogen-bond donors (Lipinski definition) is 2. The van der Waals surface area contributed by atoms with Gasteiger partial charge in [0.1, 0.15) is 0 Å². The summed E-state index contributed by atoms with van der Waals surface area (Å²) in [6.07, 6.45) is -1.02. The first-order valence-electron chi connectivity index (χ1n) is 6.00. The number of carbonyl (C=O) groups is 1. The first kappa shape index (κ1) is 16.0. The van der Waals surface area contributed by atoms with Gasteiger partial charge in [-0.1, -0.05) is 15.9 Å². The molecule has 0 bridgehead atoms. The highest BCUT2D eigenvalue weighted by atomic mass is 79.9. The number of halogens is 1. The van der Waals surface area contributed by atoms with Crippen LogP contribution in [0.15, 0.2) is 22.7 Å². The Morgan fingerprint density at radius 2 is 1.74 bits per heavy atom. The van der Waals surface area contributed by atoms with E-state index in [4.69, 9.17) is 0 Å². The Bertz CT molecular complexity index is 486. The van der Waals surface area contributed by atoms with Crippen LogP contribution in [-0.2, 0) is 5.60 Å². The van der Waals surface area contributed by atoms with Crippen molar-refractivity contribution in [1.29, 1.82) is 0 Å². The molecule has 1 amide bonds. The summed E-state index contributed by atoms with van der Waals surface area (Å²) < 4.78 is 0.753. The Labute approximate surface area is 122 Å². The zero-order valence-electron chi connectivity index (χ0n) is 11.9. The summed E-state index contributed by atoms with van der Waals surface area (Å²) in [7, 11) is 0. The molecule has 0 spiro atoms. The number of carboxylic acid groups (broad SMARTS) is 1. The first-order valence-corrected chi connectivity index (χ1v) is 6.79. The van der Waals surface area contributed by atoms with Gasteiger partial charge < -0.3 is 10.2 Å². The second kappa shape index (κ2) is 5.13. The Kier molecular flexibility index (Phi) is 4.32. The van der Waals surface area contributed by atoms with E-state index < -0.39 is 17.2 Å². The van der Waals surface area contributed by atoms with Gasteiger partial charge in [0.2, 0.25) is 0 Å². The Morgan fingerprint density at radius 3 is 2.11 bits per heavy atom. The summed E-state index contributed by atoms with van der Waals surface area (Å²) in [5.41, 5.74) is -0.409. The third-order valence-electron chi connectivity index (χ3n) is 2.73. The third kappa shape index (κ3) is 3.70. The smallest absolute Gasteiger partial charge is 0.412 e. The van der Waals surface area contributed by atoms with Crippen molar-refractivity contribution in [2.24, 2.45) is 0 Å². The van der Waals surface area contributed by atoms with Crippen LogP contribution in [0.2, 0.25) is 0 Å². The van der Waals surface area contributed by atoms with Gasteiger partial charge in [0.15, 0.2) is 0 Å². The number of benzene rings is 1. The molecule has 5 heteroatoms. The lowest BCUT2D eigenvalue weighted by atomic mass is 9.96. The maximum Gasteiger partial charge on any atom is 0.412 e. The van der Waals surface area contributed by atoms with E-state index >= 15 is 0 Å². The second-order valence-electron chi connectivity index (χ2n) is 6.01. The molecule has 0 aliphatic carbocycles. The molecule has 0 saturated carbocycles. The minimum absolute atomic E-state index is 0.542. The van der Waals surface area contributed by atoms with E-state index in [2.05, 4.69) is 15.9 Å². The van der Waals surface area contributed by atoms with Crippen LogP contribution in [0.3, 0.4) is 0 Å². The molecule has 2 N–H and O–H groups in total. The summed E-state index contributed by atoms with van der Waals surface area (Å²) in [4.78, 5) is 12.7. The first-order chi connectivity index (χ1) is 8.44. The molecule has 0 atom stereocenters. The lowest BCUT2D eigenvalue weighted by molar-refractivity contribution is 0.0778. The average molecular weight is 330 g/mol. The van der Waals surface area contributed by atoms with Gasteiger partial charge in [0, 0.05) is 15.7 Å². The van der Waals surface area contributed by atoms with E-state index in [9.17, 15) is 15.0 Å². The molecular weight excluding hydrogens is 310 g/mol. The molecule has 106 valence electrons. The standard InChI is InChI=1S/C14H20BrNO3/c1-13(2,3)16(12(17)18)9-6-7-11(15)10(8-9)14(4,5)19/h6-8,19H,1-5H3,(H,17,18). The largest absolute Gasteiger partial charge is 0.465 e. The number of anilines is 1. The lowest BCUT2D eigenvalue weighted by Crippen LogP contribution is -2.45. The van der Waals surface area contributed by atoms with E-state index in [1.165, 1.54) is 4.90 Å². The minimum Gasteiger partial charge on any atom is -0.465 e. The van der Waals surface area contributed by atoms with E-state index in [1.807, 2.05) is 20.8 Å². The van der Waals surface area contributed by atoms with Crippen LogP contribution in [-0.4, -0.2) is 21.8 Å². The quantitative estimate of drug-likeness (QED) is 0.863. The zero-order valence-corrected chi connectivity index (χ0v) is 13.4. The van der Waals surface area contributed by atoms with Crippen LogP contribution < -0.4 is 4.90 Å². The molecule has 0 aliphatic rings. The third-order valence-corrected chi connectivity index (χ3v) is 3.42. The summed E-state index contributed by atoms with van der Waals surface area (Å²) in [5, 5.41) is 19.5. The lowest BCUT2D eigenvalue weighted by Gasteiger charge is -2.34. The maximum atomic E-state index is 11.4. The summed E-state index contributed by atoms with van der Waals surface area (Å²) >= 11 is 3.38. The summed E-state index contributed by atoms with van der Waals surface area (Å²) in [5.74, 6) is 0. The molecule has 4 nitrogen and oxygen atoms in total. The van der Waals surface area contributed by atoms with Gasteiger partial charge >= 0.3 is 6.09 Å². The summed E-state index contributed by atoms with van der Waals surface area (Å²) in [6.45, 7) is 8.81. The predicted octanol–water partition coefficient (Wildman–Crippen LogP) is 3.96. The van der Waals surface area contributed by atoms with Crippen molar-refractivity contribution in [3.05, 3.63) is 28.2 Å². The normalized spacial score (nSPS) is 12.4. The van der Waals surface area contributed by atoms with E-state index in [-0.39, 0.29) is 0 Å². The van der Waals surface area contributed by atoms with Gasteiger partial charge in [-0.15, -0.1) is 0 Å². The topological polar surface area (TPSA) is 60.8 Å². The number of rotatable bonds is 2. The van der Waals surface area contributed by atoms with E-state index in [0.29, 0.717) is 11.3 Å². The molecule has 0 fully saturated rings. The van der Waals surface area contributed by atoms with Gasteiger partial charge in [-0.25, -0.2) is 4.79 Å². The van der Waals surface area contributed by atoms with Crippen LogP contribution in [0.5, 0.6) is 0 Å². The zero-order chi connectivity index (χ0) is 15.0. The minimum atomic E-state index is -1.04. The molecule has 1 aromatic carbocycles. The summed E-state index contributed by atoms with van der Waals surface area (Å²) in [6, 6.07) is 5.17. The molecule has 19 heavy (non-hydrogen) atoms.